The Morgan fingerprint density at radius 2 is 1.84 bits per heavy atom. The highest BCUT2D eigenvalue weighted by molar-refractivity contribution is 5.85. The van der Waals surface area contributed by atoms with Gasteiger partial charge in [-0.2, -0.15) is 0 Å². The van der Waals surface area contributed by atoms with Gasteiger partial charge in [0.1, 0.15) is 5.75 Å². The molecule has 104 valence electrons. The molecule has 0 heterocycles. The predicted molar refractivity (Wildman–Crippen MR) is 72.0 cm³/mol. The van der Waals surface area contributed by atoms with E-state index in [1.807, 2.05) is 0 Å². The van der Waals surface area contributed by atoms with Crippen LogP contribution in [0.3, 0.4) is 0 Å². The zero-order valence-corrected chi connectivity index (χ0v) is 11.3. The Labute approximate surface area is 112 Å². The Balaban J connectivity index is 0.000000459. The first kappa shape index (κ1) is 16.7. The van der Waals surface area contributed by atoms with Gasteiger partial charge >= 0.3 is 11.9 Å². The molecule has 0 bridgehead atoms. The van der Waals surface area contributed by atoms with Crippen LogP contribution in [0.25, 0.3) is 6.08 Å². The second-order valence-corrected chi connectivity index (χ2v) is 3.37. The van der Waals surface area contributed by atoms with Crippen molar-refractivity contribution >= 4 is 18.0 Å². The van der Waals surface area contributed by atoms with Crippen LogP contribution in [0.4, 0.5) is 0 Å². The molecule has 0 saturated heterocycles. The Morgan fingerprint density at radius 3 is 2.16 bits per heavy atom. The smallest absolute Gasteiger partial charge is 0.328 e. The molecule has 0 aliphatic heterocycles. The van der Waals surface area contributed by atoms with Crippen molar-refractivity contribution in [1.82, 2.24) is 0 Å². The van der Waals surface area contributed by atoms with Crippen LogP contribution in [0, 0.1) is 0 Å². The molecule has 1 N–H and O–H groups in total. The van der Waals surface area contributed by atoms with Gasteiger partial charge in [0.25, 0.3) is 0 Å². The highest BCUT2D eigenvalue weighted by atomic mass is 16.5. The molecule has 1 aromatic rings. The summed E-state index contributed by atoms with van der Waals surface area (Å²) in [7, 11) is 1.59. The summed E-state index contributed by atoms with van der Waals surface area (Å²) in [4.78, 5) is 20.0. The average Bonchev–Trinajstić information content (AvgIpc) is 2.37. The number of hydrogen-bond acceptors (Lipinski definition) is 4. The van der Waals surface area contributed by atoms with Gasteiger partial charge in [-0.3, -0.25) is 4.79 Å². The van der Waals surface area contributed by atoms with Gasteiger partial charge in [-0.1, -0.05) is 12.1 Å². The number of carbonyl (C=O) groups is 2. The van der Waals surface area contributed by atoms with Crippen LogP contribution in [0.15, 0.2) is 30.3 Å². The zero-order valence-electron chi connectivity index (χ0n) is 11.3. The lowest BCUT2D eigenvalue weighted by Gasteiger charge is -1.98. The van der Waals surface area contributed by atoms with Gasteiger partial charge in [0.05, 0.1) is 13.7 Å². The van der Waals surface area contributed by atoms with Crippen LogP contribution in [-0.4, -0.2) is 30.8 Å². The fourth-order valence-electron chi connectivity index (χ4n) is 1.09. The van der Waals surface area contributed by atoms with E-state index in [0.717, 1.165) is 17.4 Å². The molecule has 0 fully saturated rings. The number of ether oxygens (including phenoxy) is 2. The van der Waals surface area contributed by atoms with E-state index < -0.39 is 5.97 Å². The van der Waals surface area contributed by atoms with Crippen LogP contribution in [-0.2, 0) is 14.3 Å². The van der Waals surface area contributed by atoms with E-state index >= 15 is 0 Å². The van der Waals surface area contributed by atoms with Gasteiger partial charge < -0.3 is 14.6 Å². The van der Waals surface area contributed by atoms with E-state index in [1.54, 1.807) is 38.3 Å². The molecule has 5 heteroatoms. The van der Waals surface area contributed by atoms with E-state index in [1.165, 1.54) is 13.0 Å². The number of hydrogen-bond donors (Lipinski definition) is 1. The lowest BCUT2D eigenvalue weighted by atomic mass is 10.2. The molecule has 1 rings (SSSR count). The fourth-order valence-corrected chi connectivity index (χ4v) is 1.09. The molecule has 0 aromatic heterocycles. The lowest BCUT2D eigenvalue weighted by molar-refractivity contribution is -0.140. The number of rotatable bonds is 4. The molecule has 19 heavy (non-hydrogen) atoms. The van der Waals surface area contributed by atoms with E-state index in [9.17, 15) is 9.59 Å². The molecule has 0 radical (unpaired) electrons. The first-order valence-electron chi connectivity index (χ1n) is 5.68. The SMILES string of the molecule is CCOC(C)=O.COc1ccc(C=CC(=O)O)cc1. The summed E-state index contributed by atoms with van der Waals surface area (Å²) in [5.74, 6) is -0.402. The Morgan fingerprint density at radius 1 is 1.26 bits per heavy atom. The quantitative estimate of drug-likeness (QED) is 0.669. The van der Waals surface area contributed by atoms with Crippen LogP contribution < -0.4 is 4.74 Å². The van der Waals surface area contributed by atoms with Gasteiger partial charge in [0, 0.05) is 13.0 Å². The van der Waals surface area contributed by atoms with Crippen LogP contribution >= 0.6 is 0 Å². The molecule has 0 amide bonds. The third-order valence-electron chi connectivity index (χ3n) is 1.88. The maximum Gasteiger partial charge on any atom is 0.328 e. The summed E-state index contributed by atoms with van der Waals surface area (Å²) in [5, 5.41) is 8.36. The summed E-state index contributed by atoms with van der Waals surface area (Å²) in [6.07, 6.45) is 2.63. The van der Waals surface area contributed by atoms with Gasteiger partial charge in [-0.25, -0.2) is 4.79 Å². The maximum absolute atomic E-state index is 10.2. The molecule has 0 atom stereocenters. The number of esters is 1. The molecule has 0 unspecified atom stereocenters. The highest BCUT2D eigenvalue weighted by Gasteiger charge is 1.91. The average molecular weight is 266 g/mol. The topological polar surface area (TPSA) is 72.8 Å². The molecule has 5 nitrogen and oxygen atoms in total. The highest BCUT2D eigenvalue weighted by Crippen LogP contribution is 2.11. The van der Waals surface area contributed by atoms with E-state index in [-0.39, 0.29) is 5.97 Å². The van der Waals surface area contributed by atoms with Crippen molar-refractivity contribution in [2.75, 3.05) is 13.7 Å². The third-order valence-corrected chi connectivity index (χ3v) is 1.88. The van der Waals surface area contributed by atoms with Gasteiger partial charge in [0.2, 0.25) is 0 Å². The predicted octanol–water partition coefficient (Wildman–Crippen LogP) is 2.36. The summed E-state index contributed by atoms with van der Waals surface area (Å²) < 4.78 is 9.36. The fraction of sp³-hybridized carbons (Fsp3) is 0.286. The first-order valence-corrected chi connectivity index (χ1v) is 5.68. The minimum Gasteiger partial charge on any atom is -0.497 e. The van der Waals surface area contributed by atoms with Crippen molar-refractivity contribution in [2.24, 2.45) is 0 Å². The van der Waals surface area contributed by atoms with E-state index in [2.05, 4.69) is 4.74 Å². The Hall–Kier alpha value is -2.30. The number of aliphatic carboxylic acids is 1. The molecule has 0 spiro atoms. The number of carboxylic acids is 1. The Kier molecular flexibility index (Phi) is 8.53. The summed E-state index contributed by atoms with van der Waals surface area (Å²) in [6, 6.07) is 7.14. The van der Waals surface area contributed by atoms with Crippen molar-refractivity contribution in [3.63, 3.8) is 0 Å². The zero-order chi connectivity index (χ0) is 14.7. The van der Waals surface area contributed by atoms with Crippen molar-refractivity contribution < 1.29 is 24.2 Å². The van der Waals surface area contributed by atoms with E-state index in [4.69, 9.17) is 9.84 Å². The molecule has 0 aliphatic carbocycles. The van der Waals surface area contributed by atoms with Crippen molar-refractivity contribution in [3.05, 3.63) is 35.9 Å². The van der Waals surface area contributed by atoms with E-state index in [0.29, 0.717) is 6.61 Å². The number of carbonyl (C=O) groups excluding carboxylic acids is 1. The largest absolute Gasteiger partial charge is 0.497 e. The molecule has 0 aliphatic rings. The van der Waals surface area contributed by atoms with Crippen LogP contribution in [0.5, 0.6) is 5.75 Å². The number of carboxylic acid groups (broad SMARTS) is 1. The monoisotopic (exact) mass is 266 g/mol. The van der Waals surface area contributed by atoms with Gasteiger partial charge in [0.15, 0.2) is 0 Å². The standard InChI is InChI=1S/C10H10O3.C4H8O2/c1-13-9-5-2-8(3-6-9)4-7-10(11)12;1-3-6-4(2)5/h2-7H,1H3,(H,11,12);3H2,1-2H3. The van der Waals surface area contributed by atoms with Crippen molar-refractivity contribution in [2.45, 2.75) is 13.8 Å². The third kappa shape index (κ3) is 9.41. The van der Waals surface area contributed by atoms with Gasteiger partial charge in [-0.15, -0.1) is 0 Å². The molecule has 0 saturated carbocycles. The van der Waals surface area contributed by atoms with Crippen molar-refractivity contribution in [1.29, 1.82) is 0 Å². The first-order chi connectivity index (χ1) is 8.99. The Bertz CT molecular complexity index is 420. The number of methoxy groups -OCH3 is 1. The normalized spacial score (nSPS) is 9.42. The number of benzene rings is 1. The summed E-state index contributed by atoms with van der Waals surface area (Å²) >= 11 is 0. The minimum atomic E-state index is -0.948. The van der Waals surface area contributed by atoms with Crippen LogP contribution in [0.1, 0.15) is 19.4 Å². The van der Waals surface area contributed by atoms with Crippen molar-refractivity contribution in [3.8, 4) is 5.75 Å². The second-order valence-electron chi connectivity index (χ2n) is 3.37. The summed E-state index contributed by atoms with van der Waals surface area (Å²) in [5.41, 5.74) is 0.836. The second kappa shape index (κ2) is 9.70. The molecule has 1 aromatic carbocycles. The molecular formula is C14H18O5. The maximum atomic E-state index is 10.2. The van der Waals surface area contributed by atoms with Crippen LogP contribution in [0.2, 0.25) is 0 Å². The molecular weight excluding hydrogens is 248 g/mol. The van der Waals surface area contributed by atoms with Gasteiger partial charge in [-0.05, 0) is 30.7 Å². The lowest BCUT2D eigenvalue weighted by Crippen LogP contribution is -1.95. The summed E-state index contributed by atoms with van der Waals surface area (Å²) in [6.45, 7) is 3.65. The minimum absolute atomic E-state index is 0.211.